The summed E-state index contributed by atoms with van der Waals surface area (Å²) >= 11 is 0. The van der Waals surface area contributed by atoms with Gasteiger partial charge in [0.2, 0.25) is 0 Å². The Hall–Kier alpha value is -1.69. The summed E-state index contributed by atoms with van der Waals surface area (Å²) in [5.41, 5.74) is 5.06. The monoisotopic (exact) mass is 318 g/mol. The summed E-state index contributed by atoms with van der Waals surface area (Å²) in [5, 5.41) is 21.6. The number of carbonyl (C=O) groups is 1. The van der Waals surface area contributed by atoms with Gasteiger partial charge in [-0.3, -0.25) is 10.0 Å². The van der Waals surface area contributed by atoms with E-state index in [2.05, 4.69) is 31.3 Å². The van der Waals surface area contributed by atoms with Crippen molar-refractivity contribution < 1.29 is 15.1 Å². The van der Waals surface area contributed by atoms with E-state index in [-0.39, 0.29) is 18.7 Å². The predicted octanol–water partition coefficient (Wildman–Crippen LogP) is 2.19. The zero-order valence-electron chi connectivity index (χ0n) is 13.7. The molecule has 1 aromatic carbocycles. The molecule has 0 fully saturated rings. The molecule has 1 aliphatic rings. The molecule has 0 bridgehead atoms. The Bertz CT molecular complexity index is 569. The van der Waals surface area contributed by atoms with E-state index in [4.69, 9.17) is 5.21 Å². The highest BCUT2D eigenvalue weighted by Gasteiger charge is 2.24. The van der Waals surface area contributed by atoms with Gasteiger partial charge in [0.05, 0.1) is 6.61 Å². The molecule has 1 unspecified atom stereocenters. The Kier molecular flexibility index (Phi) is 6.33. The first-order valence-corrected chi connectivity index (χ1v) is 8.15. The summed E-state index contributed by atoms with van der Waals surface area (Å²) in [6.07, 6.45) is 5.95. The lowest BCUT2D eigenvalue weighted by molar-refractivity contribution is -0.124. The van der Waals surface area contributed by atoms with Gasteiger partial charge in [-0.05, 0) is 47.9 Å². The van der Waals surface area contributed by atoms with Crippen LogP contribution in [0.15, 0.2) is 24.3 Å². The van der Waals surface area contributed by atoms with Crippen molar-refractivity contribution in [2.45, 2.75) is 45.2 Å². The van der Waals surface area contributed by atoms with Crippen LogP contribution < -0.4 is 10.8 Å². The van der Waals surface area contributed by atoms with Gasteiger partial charge in [-0.25, -0.2) is 5.48 Å². The fourth-order valence-electron chi connectivity index (χ4n) is 3.17. The van der Waals surface area contributed by atoms with Gasteiger partial charge in [-0.1, -0.05) is 32.0 Å². The van der Waals surface area contributed by atoms with Crippen molar-refractivity contribution in [3.63, 3.8) is 0 Å². The normalized spacial score (nSPS) is 18.4. The summed E-state index contributed by atoms with van der Waals surface area (Å²) < 4.78 is 0. The molecule has 23 heavy (non-hydrogen) atoms. The van der Waals surface area contributed by atoms with E-state index in [1.54, 1.807) is 11.6 Å². The highest BCUT2D eigenvalue weighted by molar-refractivity contribution is 5.90. The average molecular weight is 318 g/mol. The SMILES string of the molecule is CC(C)C[C@@H](CO)NC1CCc2cc(C=CC(=O)NO)ccc21. The van der Waals surface area contributed by atoms with Crippen LogP contribution in [-0.2, 0) is 11.2 Å². The van der Waals surface area contributed by atoms with Crippen LogP contribution in [0.3, 0.4) is 0 Å². The number of hydrogen-bond donors (Lipinski definition) is 4. The lowest BCUT2D eigenvalue weighted by atomic mass is 10.0. The molecule has 0 radical (unpaired) electrons. The molecule has 126 valence electrons. The van der Waals surface area contributed by atoms with E-state index in [1.165, 1.54) is 17.2 Å². The third-order valence-corrected chi connectivity index (χ3v) is 4.20. The van der Waals surface area contributed by atoms with Gasteiger partial charge in [0, 0.05) is 18.2 Å². The van der Waals surface area contributed by atoms with E-state index in [9.17, 15) is 9.90 Å². The number of rotatable bonds is 7. The maximum Gasteiger partial charge on any atom is 0.267 e. The summed E-state index contributed by atoms with van der Waals surface area (Å²) in [5.74, 6) is 0.00947. The number of hydrogen-bond acceptors (Lipinski definition) is 4. The molecule has 5 heteroatoms. The zero-order chi connectivity index (χ0) is 16.8. The number of aliphatic hydroxyl groups excluding tert-OH is 1. The maximum atomic E-state index is 11.0. The average Bonchev–Trinajstić information content (AvgIpc) is 2.93. The highest BCUT2D eigenvalue weighted by Crippen LogP contribution is 2.32. The number of benzene rings is 1. The molecule has 1 aliphatic carbocycles. The first-order chi connectivity index (χ1) is 11.0. The largest absolute Gasteiger partial charge is 0.395 e. The number of aryl methyl sites for hydroxylation is 1. The molecular formula is C18H26N2O3. The zero-order valence-corrected chi connectivity index (χ0v) is 13.7. The van der Waals surface area contributed by atoms with Gasteiger partial charge >= 0.3 is 0 Å². The predicted molar refractivity (Wildman–Crippen MR) is 89.9 cm³/mol. The maximum absolute atomic E-state index is 11.0. The van der Waals surface area contributed by atoms with E-state index in [0.717, 1.165) is 24.8 Å². The molecule has 4 N–H and O–H groups in total. The first kappa shape index (κ1) is 17.7. The Morgan fingerprint density at radius 1 is 1.43 bits per heavy atom. The molecule has 0 saturated carbocycles. The number of fused-ring (bicyclic) bond motifs is 1. The van der Waals surface area contributed by atoms with Crippen LogP contribution in [0.4, 0.5) is 0 Å². The Balaban J connectivity index is 2.06. The van der Waals surface area contributed by atoms with Crippen LogP contribution in [-0.4, -0.2) is 28.9 Å². The van der Waals surface area contributed by atoms with Gasteiger partial charge in [0.1, 0.15) is 0 Å². The Labute approximate surface area is 137 Å². The summed E-state index contributed by atoms with van der Waals surface area (Å²) in [4.78, 5) is 11.0. The van der Waals surface area contributed by atoms with Crippen LogP contribution in [0.5, 0.6) is 0 Å². The van der Waals surface area contributed by atoms with Crippen molar-refractivity contribution in [2.75, 3.05) is 6.61 Å². The molecule has 5 nitrogen and oxygen atoms in total. The van der Waals surface area contributed by atoms with Crippen LogP contribution in [0.2, 0.25) is 0 Å². The second-order valence-electron chi connectivity index (χ2n) is 6.53. The van der Waals surface area contributed by atoms with Crippen molar-refractivity contribution in [3.8, 4) is 0 Å². The van der Waals surface area contributed by atoms with Gasteiger partial charge in [0.25, 0.3) is 5.91 Å². The van der Waals surface area contributed by atoms with Crippen LogP contribution in [0, 0.1) is 5.92 Å². The molecule has 0 aliphatic heterocycles. The Morgan fingerprint density at radius 2 is 2.22 bits per heavy atom. The van der Waals surface area contributed by atoms with Crippen LogP contribution >= 0.6 is 0 Å². The molecule has 1 amide bonds. The third kappa shape index (κ3) is 4.89. The first-order valence-electron chi connectivity index (χ1n) is 8.15. The molecule has 0 spiro atoms. The van der Waals surface area contributed by atoms with E-state index >= 15 is 0 Å². The Morgan fingerprint density at radius 3 is 2.87 bits per heavy atom. The lowest BCUT2D eigenvalue weighted by Crippen LogP contribution is -2.36. The topological polar surface area (TPSA) is 81.6 Å². The minimum atomic E-state index is -0.537. The van der Waals surface area contributed by atoms with Crippen LogP contribution in [0.25, 0.3) is 6.08 Å². The van der Waals surface area contributed by atoms with Gasteiger partial charge in [0.15, 0.2) is 0 Å². The summed E-state index contributed by atoms with van der Waals surface area (Å²) in [6, 6.07) is 6.53. The molecule has 0 aromatic heterocycles. The molecule has 2 atom stereocenters. The van der Waals surface area contributed by atoms with Crippen LogP contribution in [0.1, 0.15) is 49.4 Å². The van der Waals surface area contributed by atoms with Gasteiger partial charge in [-0.15, -0.1) is 0 Å². The van der Waals surface area contributed by atoms with E-state index in [1.807, 2.05) is 6.07 Å². The highest BCUT2D eigenvalue weighted by atomic mass is 16.5. The van der Waals surface area contributed by atoms with Crippen molar-refractivity contribution >= 4 is 12.0 Å². The standard InChI is InChI=1S/C18H26N2O3/c1-12(2)9-15(11-21)19-17-7-5-14-10-13(3-6-16(14)17)4-8-18(22)20-23/h3-4,6,8,10,12,15,17,19,21,23H,5,7,9,11H2,1-2H3,(H,20,22)/t15-,17?/m0/s1. The number of aliphatic hydroxyl groups is 1. The molecule has 1 aromatic rings. The quantitative estimate of drug-likeness (QED) is 0.353. The number of carbonyl (C=O) groups excluding carboxylic acids is 1. The third-order valence-electron chi connectivity index (χ3n) is 4.20. The van der Waals surface area contributed by atoms with Crippen molar-refractivity contribution in [3.05, 3.63) is 41.0 Å². The summed E-state index contributed by atoms with van der Waals surface area (Å²) in [6.45, 7) is 4.48. The molecule has 2 rings (SSSR count). The van der Waals surface area contributed by atoms with E-state index < -0.39 is 5.91 Å². The summed E-state index contributed by atoms with van der Waals surface area (Å²) in [7, 11) is 0. The minimum absolute atomic E-state index is 0.124. The van der Waals surface area contributed by atoms with E-state index in [0.29, 0.717) is 5.92 Å². The van der Waals surface area contributed by atoms with Gasteiger partial charge in [-0.2, -0.15) is 0 Å². The second-order valence-corrected chi connectivity index (χ2v) is 6.53. The fraction of sp³-hybridized carbons (Fsp3) is 0.500. The molecule has 0 saturated heterocycles. The smallest absolute Gasteiger partial charge is 0.267 e. The van der Waals surface area contributed by atoms with Crippen molar-refractivity contribution in [1.82, 2.24) is 10.8 Å². The van der Waals surface area contributed by atoms with Crippen molar-refractivity contribution in [2.24, 2.45) is 5.92 Å². The van der Waals surface area contributed by atoms with Gasteiger partial charge < -0.3 is 10.4 Å². The number of amides is 1. The van der Waals surface area contributed by atoms with Crippen molar-refractivity contribution in [1.29, 1.82) is 0 Å². The second kappa shape index (κ2) is 8.24. The number of hydroxylamine groups is 1. The molecular weight excluding hydrogens is 292 g/mol. The molecule has 0 heterocycles. The lowest BCUT2D eigenvalue weighted by Gasteiger charge is -2.23. The minimum Gasteiger partial charge on any atom is -0.395 e. The number of nitrogens with one attached hydrogen (secondary N) is 2. The fourth-order valence-corrected chi connectivity index (χ4v) is 3.17.